The minimum Gasteiger partial charge on any atom is -0.496 e. The summed E-state index contributed by atoms with van der Waals surface area (Å²) in [6.45, 7) is 4.11. The van der Waals surface area contributed by atoms with E-state index in [1.54, 1.807) is 13.3 Å². The first-order valence-corrected chi connectivity index (χ1v) is 14.8. The second-order valence-corrected chi connectivity index (χ2v) is 11.9. The van der Waals surface area contributed by atoms with Gasteiger partial charge in [-0.05, 0) is 30.5 Å². The molecule has 2 fully saturated rings. The van der Waals surface area contributed by atoms with Crippen LogP contribution >= 0.6 is 11.6 Å². The predicted molar refractivity (Wildman–Crippen MR) is 145 cm³/mol. The Labute approximate surface area is 222 Å². The summed E-state index contributed by atoms with van der Waals surface area (Å²) >= 11 is 6.60. The van der Waals surface area contributed by atoms with E-state index in [0.717, 1.165) is 69.7 Å². The first-order valence-electron chi connectivity index (χ1n) is 12.6. The van der Waals surface area contributed by atoms with Gasteiger partial charge in [-0.25, -0.2) is 23.1 Å². The Bertz CT molecular complexity index is 1360. The minimum absolute atomic E-state index is 0.107. The number of nitrogens with one attached hydrogen (secondary N) is 3. The molecule has 1 aliphatic carbocycles. The zero-order valence-electron chi connectivity index (χ0n) is 21.1. The summed E-state index contributed by atoms with van der Waals surface area (Å²) in [5.41, 5.74) is 3.85. The third-order valence-corrected chi connectivity index (χ3v) is 7.98. The molecule has 0 spiro atoms. The van der Waals surface area contributed by atoms with Gasteiger partial charge in [0.1, 0.15) is 17.1 Å². The molecule has 3 N–H and O–H groups in total. The molecule has 0 bridgehead atoms. The molecule has 0 radical (unpaired) electrons. The van der Waals surface area contributed by atoms with E-state index in [0.29, 0.717) is 33.4 Å². The second kappa shape index (κ2) is 11.1. The molecule has 1 aliphatic heterocycles. The summed E-state index contributed by atoms with van der Waals surface area (Å²) < 4.78 is 37.8. The number of anilines is 1. The topological polar surface area (TPSA) is 121 Å². The van der Waals surface area contributed by atoms with Crippen LogP contribution in [-0.2, 0) is 21.3 Å². The van der Waals surface area contributed by atoms with Gasteiger partial charge in [0.05, 0.1) is 49.0 Å². The maximum atomic E-state index is 11.9. The lowest BCUT2D eigenvalue weighted by molar-refractivity contribution is 0.0342. The molecule has 2 aromatic heterocycles. The minimum atomic E-state index is -3.34. The Balaban J connectivity index is 1.47. The average Bonchev–Trinajstić information content (AvgIpc) is 3.31. The number of rotatable bonds is 8. The number of hydrogen-bond acceptors (Lipinski definition) is 8. The highest BCUT2D eigenvalue weighted by molar-refractivity contribution is 7.88. The van der Waals surface area contributed by atoms with Gasteiger partial charge in [0.25, 0.3) is 0 Å². The van der Waals surface area contributed by atoms with Gasteiger partial charge >= 0.3 is 0 Å². The fourth-order valence-electron chi connectivity index (χ4n) is 5.16. The SMILES string of the molecule is COc1ccc(CN2CCOCC2)cc1-c1nc2ncc(Cl)c(NC3CCCCC3NS(C)(=O)=O)c2[nH]1. The third-order valence-electron chi connectivity index (χ3n) is 6.96. The van der Waals surface area contributed by atoms with E-state index in [2.05, 4.69) is 37.0 Å². The molecule has 12 heteroatoms. The molecular formula is C25H33ClN6O4S. The monoisotopic (exact) mass is 548 g/mol. The quantitative estimate of drug-likeness (QED) is 0.391. The van der Waals surface area contributed by atoms with Crippen molar-refractivity contribution in [3.05, 3.63) is 35.0 Å². The summed E-state index contributed by atoms with van der Waals surface area (Å²) in [6, 6.07) is 5.79. The molecule has 1 saturated carbocycles. The van der Waals surface area contributed by atoms with E-state index in [9.17, 15) is 8.42 Å². The number of sulfonamides is 1. The van der Waals surface area contributed by atoms with Gasteiger partial charge < -0.3 is 19.8 Å². The lowest BCUT2D eigenvalue weighted by Crippen LogP contribution is -2.48. The number of morpholine rings is 1. The highest BCUT2D eigenvalue weighted by atomic mass is 35.5. The maximum absolute atomic E-state index is 11.9. The van der Waals surface area contributed by atoms with Crippen LogP contribution in [-0.4, -0.2) is 80.0 Å². The van der Waals surface area contributed by atoms with Crippen molar-refractivity contribution in [2.75, 3.05) is 45.0 Å². The van der Waals surface area contributed by atoms with Gasteiger partial charge in [0.15, 0.2) is 5.65 Å². The summed E-state index contributed by atoms with van der Waals surface area (Å²) in [7, 11) is -1.69. The standard InChI is InChI=1S/C25H33ClN6O4S/c1-35-21-8-7-16(15-32-9-11-36-12-10-32)13-17(21)24-29-23-22(18(26)14-27-25(23)30-24)28-19-5-3-4-6-20(19)31-37(2,33)34/h7-8,13-14,19-20,31H,3-6,9-12,15H2,1-2H3,(H2,27,28,29,30). The van der Waals surface area contributed by atoms with Crippen molar-refractivity contribution in [1.82, 2.24) is 24.6 Å². The van der Waals surface area contributed by atoms with E-state index in [1.807, 2.05) is 6.07 Å². The highest BCUT2D eigenvalue weighted by Crippen LogP contribution is 2.36. The van der Waals surface area contributed by atoms with E-state index in [-0.39, 0.29) is 12.1 Å². The molecule has 2 aliphatic rings. The maximum Gasteiger partial charge on any atom is 0.209 e. The Hall–Kier alpha value is -2.44. The van der Waals surface area contributed by atoms with Crippen molar-refractivity contribution in [3.63, 3.8) is 0 Å². The van der Waals surface area contributed by atoms with E-state index in [1.165, 1.54) is 6.26 Å². The fourth-order valence-corrected chi connectivity index (χ4v) is 6.19. The first kappa shape index (κ1) is 26.2. The summed E-state index contributed by atoms with van der Waals surface area (Å²) in [5.74, 6) is 1.33. The molecule has 2 atom stereocenters. The first-order chi connectivity index (χ1) is 17.8. The fraction of sp³-hybridized carbons (Fsp3) is 0.520. The van der Waals surface area contributed by atoms with Crippen LogP contribution in [0.5, 0.6) is 5.75 Å². The number of benzene rings is 1. The summed E-state index contributed by atoms with van der Waals surface area (Å²) in [5, 5.41) is 3.95. The molecule has 5 rings (SSSR count). The number of fused-ring (bicyclic) bond motifs is 1. The van der Waals surface area contributed by atoms with Gasteiger partial charge in [-0.3, -0.25) is 4.90 Å². The molecule has 200 valence electrons. The number of nitrogens with zero attached hydrogens (tertiary/aromatic N) is 3. The zero-order valence-corrected chi connectivity index (χ0v) is 22.7. The van der Waals surface area contributed by atoms with Crippen LogP contribution in [0.3, 0.4) is 0 Å². The Morgan fingerprint density at radius 2 is 1.97 bits per heavy atom. The number of halogens is 1. The van der Waals surface area contributed by atoms with Gasteiger partial charge in [0.2, 0.25) is 10.0 Å². The van der Waals surface area contributed by atoms with E-state index < -0.39 is 10.0 Å². The molecule has 37 heavy (non-hydrogen) atoms. The summed E-state index contributed by atoms with van der Waals surface area (Å²) in [6.07, 6.45) is 6.33. The van der Waals surface area contributed by atoms with E-state index in [4.69, 9.17) is 26.1 Å². The van der Waals surface area contributed by atoms with Crippen LogP contribution in [0.2, 0.25) is 5.02 Å². The van der Waals surface area contributed by atoms with Crippen molar-refractivity contribution in [2.45, 2.75) is 44.3 Å². The molecule has 10 nitrogen and oxygen atoms in total. The van der Waals surface area contributed by atoms with Gasteiger partial charge in [-0.2, -0.15) is 0 Å². The number of aromatic amines is 1. The van der Waals surface area contributed by atoms with Crippen LogP contribution in [0, 0.1) is 0 Å². The number of methoxy groups -OCH3 is 1. The average molecular weight is 549 g/mol. The molecular weight excluding hydrogens is 516 g/mol. The number of aromatic nitrogens is 3. The van der Waals surface area contributed by atoms with Crippen molar-refractivity contribution >= 4 is 38.5 Å². The third kappa shape index (κ3) is 6.18. The van der Waals surface area contributed by atoms with Crippen LogP contribution in [0.25, 0.3) is 22.6 Å². The zero-order chi connectivity index (χ0) is 26.0. The lowest BCUT2D eigenvalue weighted by Gasteiger charge is -2.33. The lowest BCUT2D eigenvalue weighted by atomic mass is 9.91. The molecule has 1 saturated heterocycles. The molecule has 0 amide bonds. The van der Waals surface area contributed by atoms with Crippen LogP contribution in [0.15, 0.2) is 24.4 Å². The Kier molecular flexibility index (Phi) is 7.87. The molecule has 3 heterocycles. The summed E-state index contributed by atoms with van der Waals surface area (Å²) in [4.78, 5) is 15.0. The molecule has 3 aromatic rings. The number of imidazole rings is 1. The van der Waals surface area contributed by atoms with Crippen molar-refractivity contribution in [1.29, 1.82) is 0 Å². The number of pyridine rings is 1. The smallest absolute Gasteiger partial charge is 0.209 e. The van der Waals surface area contributed by atoms with E-state index >= 15 is 0 Å². The normalized spacial score (nSPS) is 21.3. The number of hydrogen-bond donors (Lipinski definition) is 3. The van der Waals surface area contributed by atoms with Gasteiger partial charge in [-0.15, -0.1) is 0 Å². The number of H-pyrrole nitrogens is 1. The Morgan fingerprint density at radius 1 is 1.22 bits per heavy atom. The van der Waals surface area contributed by atoms with Crippen LogP contribution in [0.4, 0.5) is 5.69 Å². The van der Waals surface area contributed by atoms with Gasteiger partial charge in [0, 0.05) is 31.7 Å². The second-order valence-electron chi connectivity index (χ2n) is 9.72. The largest absolute Gasteiger partial charge is 0.496 e. The Morgan fingerprint density at radius 3 is 2.70 bits per heavy atom. The van der Waals surface area contributed by atoms with Crippen molar-refractivity contribution < 1.29 is 17.9 Å². The predicted octanol–water partition coefficient (Wildman–Crippen LogP) is 3.39. The number of ether oxygens (including phenoxy) is 2. The van der Waals surface area contributed by atoms with Crippen molar-refractivity contribution in [2.24, 2.45) is 0 Å². The van der Waals surface area contributed by atoms with Crippen LogP contribution < -0.4 is 14.8 Å². The molecule has 1 aromatic carbocycles. The molecule has 2 unspecified atom stereocenters. The van der Waals surface area contributed by atoms with Crippen molar-refractivity contribution in [3.8, 4) is 17.1 Å². The van der Waals surface area contributed by atoms with Gasteiger partial charge in [-0.1, -0.05) is 30.5 Å². The van der Waals surface area contributed by atoms with Crippen LogP contribution in [0.1, 0.15) is 31.2 Å². The highest BCUT2D eigenvalue weighted by Gasteiger charge is 2.29.